The molecule has 0 aromatic heterocycles. The van der Waals surface area contributed by atoms with E-state index in [9.17, 15) is 18.0 Å². The first-order chi connectivity index (χ1) is 17.5. The molecule has 1 aliphatic carbocycles. The molecule has 0 bridgehead atoms. The topological polar surface area (TPSA) is 105 Å². The van der Waals surface area contributed by atoms with Crippen LogP contribution < -0.4 is 19.1 Å². The maximum Gasteiger partial charge on any atom is 0.244 e. The average molecular weight is 552 g/mol. The molecule has 3 rings (SSSR count). The number of halogens is 1. The van der Waals surface area contributed by atoms with Crippen molar-refractivity contribution in [2.75, 3.05) is 31.3 Å². The van der Waals surface area contributed by atoms with E-state index in [1.54, 1.807) is 43.3 Å². The lowest BCUT2D eigenvalue weighted by atomic mass is 10.1. The second kappa shape index (κ2) is 12.5. The Morgan fingerprint density at radius 1 is 1.08 bits per heavy atom. The van der Waals surface area contributed by atoms with Crippen LogP contribution in [0.2, 0.25) is 5.02 Å². The summed E-state index contributed by atoms with van der Waals surface area (Å²) in [6, 6.07) is 10.8. The fraction of sp³-hybridized carbons (Fsp3) is 0.462. The molecule has 1 fully saturated rings. The van der Waals surface area contributed by atoms with E-state index >= 15 is 0 Å². The Hall–Kier alpha value is -2.98. The number of hydrogen-bond acceptors (Lipinski definition) is 6. The zero-order valence-electron chi connectivity index (χ0n) is 21.6. The third-order valence-corrected chi connectivity index (χ3v) is 7.85. The predicted octanol–water partition coefficient (Wildman–Crippen LogP) is 3.60. The van der Waals surface area contributed by atoms with Gasteiger partial charge in [-0.25, -0.2) is 8.42 Å². The van der Waals surface area contributed by atoms with Gasteiger partial charge in [0, 0.05) is 23.7 Å². The third-order valence-electron chi connectivity index (χ3n) is 6.47. The number of sulfonamides is 1. The fourth-order valence-corrected chi connectivity index (χ4v) is 5.33. The number of nitrogens with zero attached hydrogens (tertiary/aromatic N) is 2. The number of benzene rings is 2. The van der Waals surface area contributed by atoms with E-state index in [2.05, 4.69) is 5.32 Å². The summed E-state index contributed by atoms with van der Waals surface area (Å²) in [7, 11) is -1.00. The Morgan fingerprint density at radius 3 is 2.30 bits per heavy atom. The number of carbonyl (C=O) groups is 2. The quantitative estimate of drug-likeness (QED) is 0.457. The number of hydrogen-bond donors (Lipinski definition) is 1. The summed E-state index contributed by atoms with van der Waals surface area (Å²) < 4.78 is 37.2. The minimum atomic E-state index is -3.89. The van der Waals surface area contributed by atoms with Gasteiger partial charge in [-0.15, -0.1) is 0 Å². The van der Waals surface area contributed by atoms with E-state index < -0.39 is 28.5 Å². The first-order valence-corrected chi connectivity index (χ1v) is 14.3. The molecule has 0 radical (unpaired) electrons. The summed E-state index contributed by atoms with van der Waals surface area (Å²) in [6.07, 6.45) is 4.94. The summed E-state index contributed by atoms with van der Waals surface area (Å²) in [4.78, 5) is 28.2. The van der Waals surface area contributed by atoms with E-state index in [0.717, 1.165) is 41.8 Å². The number of ether oxygens (including phenoxy) is 2. The molecule has 202 valence electrons. The predicted molar refractivity (Wildman–Crippen MR) is 144 cm³/mol. The molecule has 2 aromatic carbocycles. The molecule has 2 amide bonds. The molecule has 0 unspecified atom stereocenters. The lowest BCUT2D eigenvalue weighted by molar-refractivity contribution is -0.139. The summed E-state index contributed by atoms with van der Waals surface area (Å²) in [5.41, 5.74) is 0.944. The van der Waals surface area contributed by atoms with Crippen LogP contribution in [-0.4, -0.2) is 64.2 Å². The normalized spacial score (nSPS) is 14.6. The number of methoxy groups -OCH3 is 2. The summed E-state index contributed by atoms with van der Waals surface area (Å²) >= 11 is 6.02. The van der Waals surface area contributed by atoms with Gasteiger partial charge in [0.15, 0.2) is 0 Å². The molecular formula is C26H34ClN3O6S. The highest BCUT2D eigenvalue weighted by atomic mass is 35.5. The van der Waals surface area contributed by atoms with Crippen LogP contribution in [0.15, 0.2) is 42.5 Å². The Balaban J connectivity index is 1.92. The van der Waals surface area contributed by atoms with Crippen molar-refractivity contribution in [1.82, 2.24) is 10.2 Å². The molecule has 9 nitrogen and oxygen atoms in total. The second-order valence-electron chi connectivity index (χ2n) is 9.12. The van der Waals surface area contributed by atoms with Crippen molar-refractivity contribution in [3.05, 3.63) is 53.1 Å². The highest BCUT2D eigenvalue weighted by molar-refractivity contribution is 7.92. The molecule has 0 aliphatic heterocycles. The number of rotatable bonds is 11. The van der Waals surface area contributed by atoms with Crippen molar-refractivity contribution in [3.63, 3.8) is 0 Å². The lowest BCUT2D eigenvalue weighted by Gasteiger charge is -2.32. The van der Waals surface area contributed by atoms with Crippen LogP contribution in [0.1, 0.15) is 38.2 Å². The van der Waals surface area contributed by atoms with Crippen molar-refractivity contribution < 1.29 is 27.5 Å². The average Bonchev–Trinajstić information content (AvgIpc) is 3.38. The van der Waals surface area contributed by atoms with Crippen LogP contribution in [0.5, 0.6) is 11.5 Å². The third kappa shape index (κ3) is 7.52. The highest BCUT2D eigenvalue weighted by Gasteiger charge is 2.32. The Bertz CT molecular complexity index is 1200. The lowest BCUT2D eigenvalue weighted by Crippen LogP contribution is -2.52. The fourth-order valence-electron chi connectivity index (χ4n) is 4.35. The summed E-state index contributed by atoms with van der Waals surface area (Å²) in [5.74, 6) is -0.106. The number of carbonyl (C=O) groups excluding carboxylic acids is 2. The van der Waals surface area contributed by atoms with E-state index in [1.807, 2.05) is 0 Å². The first-order valence-electron chi connectivity index (χ1n) is 12.1. The Morgan fingerprint density at radius 2 is 1.73 bits per heavy atom. The van der Waals surface area contributed by atoms with E-state index in [4.69, 9.17) is 21.1 Å². The van der Waals surface area contributed by atoms with Gasteiger partial charge in [0.1, 0.15) is 24.1 Å². The molecule has 0 heterocycles. The summed E-state index contributed by atoms with van der Waals surface area (Å²) in [5, 5.41) is 3.58. The van der Waals surface area contributed by atoms with Crippen LogP contribution in [0.4, 0.5) is 5.69 Å². The molecule has 0 spiro atoms. The molecule has 37 heavy (non-hydrogen) atoms. The van der Waals surface area contributed by atoms with Gasteiger partial charge in [0.2, 0.25) is 21.8 Å². The van der Waals surface area contributed by atoms with Gasteiger partial charge in [0.25, 0.3) is 0 Å². The smallest absolute Gasteiger partial charge is 0.244 e. The van der Waals surface area contributed by atoms with Crippen LogP contribution in [0, 0.1) is 0 Å². The zero-order valence-corrected chi connectivity index (χ0v) is 23.1. The van der Waals surface area contributed by atoms with Crippen molar-refractivity contribution >= 4 is 39.1 Å². The van der Waals surface area contributed by atoms with Gasteiger partial charge in [-0.1, -0.05) is 36.6 Å². The molecular weight excluding hydrogens is 518 g/mol. The monoisotopic (exact) mass is 551 g/mol. The zero-order chi connectivity index (χ0) is 27.2. The molecule has 1 saturated carbocycles. The van der Waals surface area contributed by atoms with Crippen molar-refractivity contribution in [2.45, 2.75) is 51.2 Å². The Labute approximate surface area is 223 Å². The van der Waals surface area contributed by atoms with Gasteiger partial charge in [0.05, 0.1) is 26.2 Å². The maximum atomic E-state index is 13.7. The van der Waals surface area contributed by atoms with Crippen molar-refractivity contribution in [3.8, 4) is 11.5 Å². The SMILES string of the molecule is COc1ccc(N(CC(=O)N(Cc2ccc(Cl)cc2)[C@H](C)C(=O)NC2CCCC2)S(C)(=O)=O)c(OC)c1. The van der Waals surface area contributed by atoms with Gasteiger partial charge >= 0.3 is 0 Å². The van der Waals surface area contributed by atoms with Crippen LogP contribution in [-0.2, 0) is 26.2 Å². The first kappa shape index (κ1) is 28.6. The van der Waals surface area contributed by atoms with Gasteiger partial charge in [-0.05, 0) is 49.6 Å². The van der Waals surface area contributed by atoms with E-state index in [1.165, 1.54) is 25.2 Å². The molecule has 0 saturated heterocycles. The number of amides is 2. The van der Waals surface area contributed by atoms with Crippen molar-refractivity contribution in [1.29, 1.82) is 0 Å². The second-order valence-corrected chi connectivity index (χ2v) is 11.5. The minimum absolute atomic E-state index is 0.0820. The molecule has 1 aliphatic rings. The summed E-state index contributed by atoms with van der Waals surface area (Å²) in [6.45, 7) is 1.24. The van der Waals surface area contributed by atoms with Gasteiger partial charge in [-0.3, -0.25) is 13.9 Å². The molecule has 11 heteroatoms. The van der Waals surface area contributed by atoms with Gasteiger partial charge in [-0.2, -0.15) is 0 Å². The van der Waals surface area contributed by atoms with Crippen molar-refractivity contribution in [2.24, 2.45) is 0 Å². The standard InChI is InChI=1S/C26H34ClN3O6S/c1-18(26(32)28-21-7-5-6-8-21)29(16-19-9-11-20(27)12-10-19)25(31)17-30(37(4,33)34)23-14-13-22(35-2)15-24(23)36-3/h9-15,18,21H,5-8,16-17H2,1-4H3,(H,28,32)/t18-/m1/s1. The minimum Gasteiger partial charge on any atom is -0.497 e. The van der Waals surface area contributed by atoms with E-state index in [0.29, 0.717) is 10.8 Å². The number of nitrogens with one attached hydrogen (secondary N) is 1. The van der Waals surface area contributed by atoms with E-state index in [-0.39, 0.29) is 29.9 Å². The van der Waals surface area contributed by atoms with Crippen LogP contribution >= 0.6 is 11.6 Å². The van der Waals surface area contributed by atoms with Gasteiger partial charge < -0.3 is 19.7 Å². The largest absolute Gasteiger partial charge is 0.497 e. The Kier molecular flexibility index (Phi) is 9.67. The van der Waals surface area contributed by atoms with Crippen LogP contribution in [0.3, 0.4) is 0 Å². The molecule has 2 aromatic rings. The maximum absolute atomic E-state index is 13.7. The number of anilines is 1. The molecule has 1 N–H and O–H groups in total. The van der Waals surface area contributed by atoms with Crippen LogP contribution in [0.25, 0.3) is 0 Å². The highest BCUT2D eigenvalue weighted by Crippen LogP contribution is 2.33. The molecule has 1 atom stereocenters.